The molecule has 20 heavy (non-hydrogen) atoms. The van der Waals surface area contributed by atoms with Crippen LogP contribution in [0.2, 0.25) is 0 Å². The van der Waals surface area contributed by atoms with Crippen LogP contribution in [0.25, 0.3) is 0 Å². The summed E-state index contributed by atoms with van der Waals surface area (Å²) in [4.78, 5) is 0.178. The maximum Gasteiger partial charge on any atom is 0.240 e. The van der Waals surface area contributed by atoms with Crippen LogP contribution in [0.1, 0.15) is 5.56 Å². The van der Waals surface area contributed by atoms with Gasteiger partial charge in [0.05, 0.1) is 12.0 Å². The van der Waals surface area contributed by atoms with Crippen molar-refractivity contribution < 1.29 is 18.3 Å². The number of hydrogen-bond donors (Lipinski definition) is 2. The van der Waals surface area contributed by atoms with Gasteiger partial charge in [-0.15, -0.1) is 0 Å². The van der Waals surface area contributed by atoms with Crippen molar-refractivity contribution in [3.63, 3.8) is 0 Å². The summed E-state index contributed by atoms with van der Waals surface area (Å²) >= 11 is 0. The first-order valence-corrected chi connectivity index (χ1v) is 7.41. The van der Waals surface area contributed by atoms with Crippen molar-refractivity contribution >= 4 is 10.0 Å². The Hall–Kier alpha value is -2.05. The van der Waals surface area contributed by atoms with Gasteiger partial charge >= 0.3 is 0 Å². The molecule has 0 amide bonds. The lowest BCUT2D eigenvalue weighted by Crippen LogP contribution is -2.23. The average molecular weight is 293 g/mol. The maximum absolute atomic E-state index is 12.1. The molecule has 0 heterocycles. The van der Waals surface area contributed by atoms with Crippen LogP contribution in [0.3, 0.4) is 0 Å². The van der Waals surface area contributed by atoms with Crippen molar-refractivity contribution in [2.45, 2.75) is 11.4 Å². The van der Waals surface area contributed by atoms with E-state index in [1.54, 1.807) is 24.3 Å². The minimum atomic E-state index is -3.56. The molecule has 2 aromatic carbocycles. The summed E-state index contributed by atoms with van der Waals surface area (Å²) in [5, 5.41) is 9.16. The van der Waals surface area contributed by atoms with E-state index in [-0.39, 0.29) is 17.2 Å². The molecule has 2 N–H and O–H groups in total. The molecular weight excluding hydrogens is 278 g/mol. The standard InChI is InChI=1S/C14H15NO4S/c1-19-13-6-8-14(9-7-13)20(17,18)15-10-11-2-4-12(16)5-3-11/h2-9,15-16H,10H2,1H3. The van der Waals surface area contributed by atoms with E-state index < -0.39 is 10.0 Å². The minimum absolute atomic E-state index is 0.145. The molecule has 0 spiro atoms. The minimum Gasteiger partial charge on any atom is -0.508 e. The van der Waals surface area contributed by atoms with Gasteiger partial charge in [-0.25, -0.2) is 13.1 Å². The van der Waals surface area contributed by atoms with E-state index in [0.29, 0.717) is 5.75 Å². The van der Waals surface area contributed by atoms with Gasteiger partial charge in [0.1, 0.15) is 11.5 Å². The molecule has 2 aromatic rings. The molecular formula is C14H15NO4S. The fourth-order valence-electron chi connectivity index (χ4n) is 1.63. The number of ether oxygens (including phenoxy) is 1. The first-order valence-electron chi connectivity index (χ1n) is 5.93. The lowest BCUT2D eigenvalue weighted by molar-refractivity contribution is 0.414. The predicted molar refractivity (Wildman–Crippen MR) is 75.1 cm³/mol. The molecule has 0 aliphatic heterocycles. The zero-order valence-electron chi connectivity index (χ0n) is 10.9. The molecule has 106 valence electrons. The van der Waals surface area contributed by atoms with Gasteiger partial charge < -0.3 is 9.84 Å². The summed E-state index contributed by atoms with van der Waals surface area (Å²) in [6.07, 6.45) is 0. The number of benzene rings is 2. The molecule has 2 rings (SSSR count). The van der Waals surface area contributed by atoms with Crippen LogP contribution in [-0.4, -0.2) is 20.6 Å². The van der Waals surface area contributed by atoms with Crippen molar-refractivity contribution in [1.82, 2.24) is 4.72 Å². The topological polar surface area (TPSA) is 75.6 Å². The number of phenolic OH excluding ortho intramolecular Hbond substituents is 1. The fourth-order valence-corrected chi connectivity index (χ4v) is 2.65. The van der Waals surface area contributed by atoms with Gasteiger partial charge in [0, 0.05) is 6.54 Å². The Morgan fingerprint density at radius 2 is 1.65 bits per heavy atom. The average Bonchev–Trinajstić information content (AvgIpc) is 2.47. The zero-order valence-corrected chi connectivity index (χ0v) is 11.7. The second kappa shape index (κ2) is 5.94. The van der Waals surface area contributed by atoms with E-state index >= 15 is 0 Å². The van der Waals surface area contributed by atoms with Gasteiger partial charge in [-0.3, -0.25) is 0 Å². The largest absolute Gasteiger partial charge is 0.508 e. The van der Waals surface area contributed by atoms with Crippen LogP contribution >= 0.6 is 0 Å². The number of rotatable bonds is 5. The van der Waals surface area contributed by atoms with Crippen LogP contribution in [-0.2, 0) is 16.6 Å². The molecule has 0 unspecified atom stereocenters. The molecule has 0 bridgehead atoms. The Kier molecular flexibility index (Phi) is 4.26. The summed E-state index contributed by atoms with van der Waals surface area (Å²) in [6, 6.07) is 12.5. The summed E-state index contributed by atoms with van der Waals surface area (Å²) in [5.74, 6) is 0.745. The van der Waals surface area contributed by atoms with Gasteiger partial charge in [0.2, 0.25) is 10.0 Å². The van der Waals surface area contributed by atoms with E-state index in [4.69, 9.17) is 9.84 Å². The van der Waals surface area contributed by atoms with Gasteiger partial charge in [0.25, 0.3) is 0 Å². The summed E-state index contributed by atoms with van der Waals surface area (Å²) in [5.41, 5.74) is 0.764. The van der Waals surface area contributed by atoms with Gasteiger partial charge in [0.15, 0.2) is 0 Å². The monoisotopic (exact) mass is 293 g/mol. The zero-order chi connectivity index (χ0) is 14.6. The number of aromatic hydroxyl groups is 1. The SMILES string of the molecule is COc1ccc(S(=O)(=O)NCc2ccc(O)cc2)cc1. The lowest BCUT2D eigenvalue weighted by atomic mass is 10.2. The number of methoxy groups -OCH3 is 1. The third-order valence-corrected chi connectivity index (χ3v) is 4.19. The highest BCUT2D eigenvalue weighted by molar-refractivity contribution is 7.89. The number of phenols is 1. The third kappa shape index (κ3) is 3.49. The number of hydrogen-bond acceptors (Lipinski definition) is 4. The lowest BCUT2D eigenvalue weighted by Gasteiger charge is -2.07. The molecule has 0 atom stereocenters. The fraction of sp³-hybridized carbons (Fsp3) is 0.143. The van der Waals surface area contributed by atoms with E-state index in [9.17, 15) is 8.42 Å². The first kappa shape index (κ1) is 14.4. The number of nitrogens with one attached hydrogen (secondary N) is 1. The van der Waals surface area contributed by atoms with Crippen molar-refractivity contribution in [3.8, 4) is 11.5 Å². The van der Waals surface area contributed by atoms with Gasteiger partial charge in [-0.2, -0.15) is 0 Å². The quantitative estimate of drug-likeness (QED) is 0.882. The highest BCUT2D eigenvalue weighted by Gasteiger charge is 2.13. The Bertz CT molecular complexity index is 663. The molecule has 0 saturated carbocycles. The summed E-state index contributed by atoms with van der Waals surface area (Å²) < 4.78 is 31.6. The van der Waals surface area contributed by atoms with Gasteiger partial charge in [-0.05, 0) is 42.0 Å². The van der Waals surface area contributed by atoms with E-state index in [0.717, 1.165) is 5.56 Å². The van der Waals surface area contributed by atoms with Crippen LogP contribution in [0.4, 0.5) is 0 Å². The Labute approximate surface area is 117 Å². The molecule has 5 nitrogen and oxygen atoms in total. The summed E-state index contributed by atoms with van der Waals surface area (Å²) in [7, 11) is -2.04. The number of sulfonamides is 1. The molecule has 6 heteroatoms. The van der Waals surface area contributed by atoms with Crippen molar-refractivity contribution in [1.29, 1.82) is 0 Å². The normalized spacial score (nSPS) is 11.2. The van der Waals surface area contributed by atoms with Crippen molar-refractivity contribution in [2.75, 3.05) is 7.11 Å². The highest BCUT2D eigenvalue weighted by Crippen LogP contribution is 2.16. The Balaban J connectivity index is 2.08. The van der Waals surface area contributed by atoms with Crippen molar-refractivity contribution in [2.24, 2.45) is 0 Å². The van der Waals surface area contributed by atoms with E-state index in [2.05, 4.69) is 4.72 Å². The molecule has 0 aliphatic carbocycles. The van der Waals surface area contributed by atoms with Crippen LogP contribution in [0.5, 0.6) is 11.5 Å². The molecule has 0 aromatic heterocycles. The smallest absolute Gasteiger partial charge is 0.240 e. The van der Waals surface area contributed by atoms with E-state index in [1.165, 1.54) is 31.4 Å². The van der Waals surface area contributed by atoms with Crippen LogP contribution < -0.4 is 9.46 Å². The molecule has 0 saturated heterocycles. The first-order chi connectivity index (χ1) is 9.51. The van der Waals surface area contributed by atoms with E-state index in [1.807, 2.05) is 0 Å². The summed E-state index contributed by atoms with van der Waals surface area (Å²) in [6.45, 7) is 0.161. The van der Waals surface area contributed by atoms with Crippen molar-refractivity contribution in [3.05, 3.63) is 54.1 Å². The third-order valence-electron chi connectivity index (χ3n) is 2.77. The Morgan fingerprint density at radius 1 is 1.05 bits per heavy atom. The molecule has 0 radical (unpaired) electrons. The van der Waals surface area contributed by atoms with Crippen LogP contribution in [0.15, 0.2) is 53.4 Å². The molecule has 0 aliphatic rings. The predicted octanol–water partition coefficient (Wildman–Crippen LogP) is 1.88. The molecule has 0 fully saturated rings. The second-order valence-corrected chi connectivity index (χ2v) is 5.93. The van der Waals surface area contributed by atoms with Crippen LogP contribution in [0, 0.1) is 0 Å². The highest BCUT2D eigenvalue weighted by atomic mass is 32.2. The second-order valence-electron chi connectivity index (χ2n) is 4.17. The maximum atomic E-state index is 12.1. The Morgan fingerprint density at radius 3 is 2.20 bits per heavy atom. The van der Waals surface area contributed by atoms with Gasteiger partial charge in [-0.1, -0.05) is 12.1 Å².